The molecule has 0 aliphatic carbocycles. The van der Waals surface area contributed by atoms with Crippen LogP contribution in [0.1, 0.15) is 22.3 Å². The zero-order valence-corrected chi connectivity index (χ0v) is 28.3. The molecule has 0 unspecified atom stereocenters. The first-order valence-electron chi connectivity index (χ1n) is 17.4. The van der Waals surface area contributed by atoms with Crippen LogP contribution in [-0.4, -0.2) is 15.0 Å². The van der Waals surface area contributed by atoms with Gasteiger partial charge in [0.15, 0.2) is 23.2 Å². The Kier molecular flexibility index (Phi) is 6.98. The largest absolute Gasteiger partial charge is 0.457 e. The monoisotopic (exact) mass is 680 g/mol. The maximum atomic E-state index is 7.44. The second-order valence-corrected chi connectivity index (χ2v) is 13.1. The van der Waals surface area contributed by atoms with Crippen molar-refractivity contribution in [2.24, 2.45) is 0 Å². The zero-order chi connectivity index (χ0) is 35.4. The fourth-order valence-corrected chi connectivity index (χ4v) is 7.66. The number of rotatable bonds is 5. The van der Waals surface area contributed by atoms with E-state index >= 15 is 0 Å². The van der Waals surface area contributed by atoms with Crippen LogP contribution in [0.4, 0.5) is 5.69 Å². The Morgan fingerprint density at radius 1 is 0.453 bits per heavy atom. The molecule has 0 fully saturated rings. The van der Waals surface area contributed by atoms with Crippen LogP contribution in [-0.2, 0) is 5.41 Å². The van der Waals surface area contributed by atoms with Gasteiger partial charge in [-0.15, -0.1) is 0 Å². The molecule has 0 saturated carbocycles. The lowest BCUT2D eigenvalue weighted by atomic mass is 9.63. The van der Waals surface area contributed by atoms with E-state index in [1.54, 1.807) is 12.1 Å². The summed E-state index contributed by atoms with van der Waals surface area (Å²) >= 11 is 0. The first-order valence-corrected chi connectivity index (χ1v) is 17.4. The Labute approximate surface area is 305 Å². The van der Waals surface area contributed by atoms with Crippen LogP contribution in [0.2, 0.25) is 0 Å². The molecule has 10 rings (SSSR count). The second-order valence-electron chi connectivity index (χ2n) is 13.1. The fourth-order valence-electron chi connectivity index (χ4n) is 7.66. The van der Waals surface area contributed by atoms with Gasteiger partial charge in [0.2, 0.25) is 0 Å². The number of ether oxygens (including phenoxy) is 1. The maximum absolute atomic E-state index is 7.44. The Morgan fingerprint density at radius 3 is 1.72 bits per heavy atom. The van der Waals surface area contributed by atoms with Gasteiger partial charge in [0.25, 0.3) is 0 Å². The molecule has 0 saturated heterocycles. The third-order valence-electron chi connectivity index (χ3n) is 10.1. The van der Waals surface area contributed by atoms with E-state index in [-0.39, 0.29) is 0 Å². The van der Waals surface area contributed by atoms with Crippen LogP contribution >= 0.6 is 0 Å². The molecule has 1 aliphatic rings. The third-order valence-corrected chi connectivity index (χ3v) is 10.1. The molecule has 53 heavy (non-hydrogen) atoms. The molecule has 9 aromatic rings. The average molecular weight is 681 g/mol. The molecule has 0 N–H and O–H groups in total. The van der Waals surface area contributed by atoms with Gasteiger partial charge < -0.3 is 9.15 Å². The number of aromatic nitrogens is 3. The van der Waals surface area contributed by atoms with Crippen LogP contribution in [0.15, 0.2) is 174 Å². The fraction of sp³-hybridized carbons (Fsp3) is 0.0213. The van der Waals surface area contributed by atoms with Crippen LogP contribution in [0, 0.1) is 6.57 Å². The van der Waals surface area contributed by atoms with Crippen LogP contribution in [0.5, 0.6) is 11.5 Å². The molecule has 6 heteroatoms. The number of hydrogen-bond donors (Lipinski definition) is 0. The van der Waals surface area contributed by atoms with E-state index in [9.17, 15) is 0 Å². The Bertz CT molecular complexity index is 2840. The number of para-hydroxylation sites is 2. The summed E-state index contributed by atoms with van der Waals surface area (Å²) in [6.45, 7) is 7.44. The van der Waals surface area contributed by atoms with E-state index in [4.69, 9.17) is 30.7 Å². The molecule has 3 heterocycles. The molecule has 0 radical (unpaired) electrons. The number of fused-ring (bicyclic) bond motifs is 5. The minimum atomic E-state index is -0.632. The molecule has 7 aromatic carbocycles. The summed E-state index contributed by atoms with van der Waals surface area (Å²) in [6.07, 6.45) is 0. The third kappa shape index (κ3) is 4.90. The predicted octanol–water partition coefficient (Wildman–Crippen LogP) is 11.8. The number of nitrogens with zero attached hydrogens (tertiary/aromatic N) is 4. The van der Waals surface area contributed by atoms with Crippen molar-refractivity contribution in [3.63, 3.8) is 0 Å². The lowest BCUT2D eigenvalue weighted by Crippen LogP contribution is -2.34. The van der Waals surface area contributed by atoms with Crippen molar-refractivity contribution < 1.29 is 9.15 Å². The molecular formula is C47H28N4O2. The summed E-state index contributed by atoms with van der Waals surface area (Å²) in [4.78, 5) is 18.6. The molecule has 248 valence electrons. The molecule has 0 spiro atoms. The summed E-state index contributed by atoms with van der Waals surface area (Å²) in [5, 5.41) is 2.09. The van der Waals surface area contributed by atoms with Crippen LogP contribution in [0.25, 0.3) is 60.9 Å². The van der Waals surface area contributed by atoms with Crippen molar-refractivity contribution in [2.45, 2.75) is 5.41 Å². The van der Waals surface area contributed by atoms with Gasteiger partial charge in [0, 0.05) is 38.6 Å². The van der Waals surface area contributed by atoms with Crippen molar-refractivity contribution in [3.05, 3.63) is 204 Å². The van der Waals surface area contributed by atoms with E-state index < -0.39 is 5.41 Å². The smallest absolute Gasteiger partial charge is 0.187 e. The summed E-state index contributed by atoms with van der Waals surface area (Å²) in [7, 11) is 0. The van der Waals surface area contributed by atoms with E-state index in [2.05, 4.69) is 102 Å². The van der Waals surface area contributed by atoms with E-state index in [0.717, 1.165) is 72.4 Å². The van der Waals surface area contributed by atoms with Gasteiger partial charge in [-0.25, -0.2) is 19.8 Å². The quantitative estimate of drug-likeness (QED) is 0.169. The summed E-state index contributed by atoms with van der Waals surface area (Å²) in [5.41, 5.74) is 8.25. The number of benzene rings is 7. The number of furan rings is 1. The van der Waals surface area contributed by atoms with E-state index in [1.165, 1.54) is 0 Å². The van der Waals surface area contributed by atoms with Gasteiger partial charge >= 0.3 is 0 Å². The Balaban J connectivity index is 1.18. The molecule has 0 bridgehead atoms. The molecule has 2 aromatic heterocycles. The number of hydrogen-bond acceptors (Lipinski definition) is 5. The minimum absolute atomic E-state index is 0.498. The van der Waals surface area contributed by atoms with Crippen molar-refractivity contribution >= 4 is 27.6 Å². The van der Waals surface area contributed by atoms with Gasteiger partial charge in [-0.3, -0.25) is 0 Å². The van der Waals surface area contributed by atoms with Crippen molar-refractivity contribution in [1.82, 2.24) is 15.0 Å². The van der Waals surface area contributed by atoms with Gasteiger partial charge in [0.05, 0.1) is 12.0 Å². The summed E-state index contributed by atoms with van der Waals surface area (Å²) in [5.74, 6) is 3.02. The van der Waals surface area contributed by atoms with Gasteiger partial charge in [-0.1, -0.05) is 140 Å². The molecular weight excluding hydrogens is 653 g/mol. The minimum Gasteiger partial charge on any atom is -0.457 e. The highest BCUT2D eigenvalue weighted by molar-refractivity contribution is 6.05. The lowest BCUT2D eigenvalue weighted by Gasteiger charge is -2.41. The van der Waals surface area contributed by atoms with Crippen molar-refractivity contribution in [2.75, 3.05) is 0 Å². The highest BCUT2D eigenvalue weighted by atomic mass is 16.5. The van der Waals surface area contributed by atoms with E-state index in [0.29, 0.717) is 23.2 Å². The zero-order valence-electron chi connectivity index (χ0n) is 28.3. The topological polar surface area (TPSA) is 65.4 Å². The molecule has 1 aliphatic heterocycles. The van der Waals surface area contributed by atoms with Crippen molar-refractivity contribution in [1.29, 1.82) is 0 Å². The predicted molar refractivity (Wildman–Crippen MR) is 208 cm³/mol. The van der Waals surface area contributed by atoms with Gasteiger partial charge in [0.1, 0.15) is 22.7 Å². The first kappa shape index (κ1) is 30.5. The second kappa shape index (κ2) is 12.2. The van der Waals surface area contributed by atoms with Crippen LogP contribution in [0.3, 0.4) is 0 Å². The van der Waals surface area contributed by atoms with E-state index in [1.807, 2.05) is 60.7 Å². The summed E-state index contributed by atoms with van der Waals surface area (Å²) in [6, 6.07) is 57.2. The van der Waals surface area contributed by atoms with Gasteiger partial charge in [-0.2, -0.15) is 0 Å². The average Bonchev–Trinajstić information content (AvgIpc) is 3.61. The maximum Gasteiger partial charge on any atom is 0.187 e. The molecule has 0 atom stereocenters. The SMILES string of the molecule is [C-]#[N+]c1ccc(-c2nc(-c3ccc4c(c3)Oc3ccccc3C4(c3ccccc3)c3ccccc3)nc(-c3ccc4c(c3)oc3ccccc34)n2)cc1. The Morgan fingerprint density at radius 2 is 1.00 bits per heavy atom. The normalized spacial score (nSPS) is 12.8. The highest BCUT2D eigenvalue weighted by Crippen LogP contribution is 2.55. The highest BCUT2D eigenvalue weighted by Gasteiger charge is 2.45. The summed E-state index contributed by atoms with van der Waals surface area (Å²) < 4.78 is 13.0. The molecule has 6 nitrogen and oxygen atoms in total. The molecule has 0 amide bonds. The first-order chi connectivity index (χ1) is 26.2. The lowest BCUT2D eigenvalue weighted by molar-refractivity contribution is 0.434. The van der Waals surface area contributed by atoms with Crippen LogP contribution < -0.4 is 4.74 Å². The van der Waals surface area contributed by atoms with Gasteiger partial charge in [-0.05, 0) is 41.5 Å². The Hall–Kier alpha value is -7.36. The van der Waals surface area contributed by atoms with Crippen molar-refractivity contribution in [3.8, 4) is 45.7 Å². The standard InChI is InChI=1S/C47H28N4O2/c1-48-35-24-20-30(21-25-35)44-49-45(31-22-26-37-36-16-8-10-18-40(36)52-42(37)28-31)51-46(50-44)32-23-27-39-43(29-32)53-41-19-11-9-17-38(41)47(39,33-12-4-2-5-13-33)34-14-6-3-7-15-34/h2-29H.